The number of halogens is 1. The van der Waals surface area contributed by atoms with E-state index in [-0.39, 0.29) is 17.9 Å². The molecule has 2 amide bonds. The average Bonchev–Trinajstić information content (AvgIpc) is 3.17. The number of hydrogen-bond acceptors (Lipinski definition) is 3. The molecule has 0 atom stereocenters. The second-order valence-electron chi connectivity index (χ2n) is 4.85. The summed E-state index contributed by atoms with van der Waals surface area (Å²) in [5.41, 5.74) is 1.03. The van der Waals surface area contributed by atoms with E-state index in [0.29, 0.717) is 16.1 Å². The first-order chi connectivity index (χ1) is 10.1. The van der Waals surface area contributed by atoms with Gasteiger partial charge in [0.25, 0.3) is 11.8 Å². The standard InChI is InChI=1S/C15H13BrN2O2S/c16-13-8-7-12(21-13)15(20)18-11-4-2-1-3-10(11)14(19)17-9-5-6-9/h1-4,7-9H,5-6H2,(H,17,19)(H,18,20). The van der Waals surface area contributed by atoms with Crippen LogP contribution in [0.4, 0.5) is 5.69 Å². The third-order valence-electron chi connectivity index (χ3n) is 3.13. The van der Waals surface area contributed by atoms with Crippen LogP contribution in [0.1, 0.15) is 32.9 Å². The van der Waals surface area contributed by atoms with Gasteiger partial charge in [0.05, 0.1) is 19.9 Å². The monoisotopic (exact) mass is 364 g/mol. The predicted molar refractivity (Wildman–Crippen MR) is 86.9 cm³/mol. The number of carbonyl (C=O) groups excluding carboxylic acids is 2. The van der Waals surface area contributed by atoms with Crippen molar-refractivity contribution in [2.24, 2.45) is 0 Å². The molecule has 1 aromatic carbocycles. The van der Waals surface area contributed by atoms with Gasteiger partial charge in [-0.15, -0.1) is 11.3 Å². The van der Waals surface area contributed by atoms with Crippen LogP contribution in [0, 0.1) is 0 Å². The van der Waals surface area contributed by atoms with E-state index in [4.69, 9.17) is 0 Å². The lowest BCUT2D eigenvalue weighted by Gasteiger charge is -2.10. The van der Waals surface area contributed by atoms with Crippen molar-refractivity contribution in [1.29, 1.82) is 0 Å². The van der Waals surface area contributed by atoms with Gasteiger partial charge in [-0.3, -0.25) is 9.59 Å². The van der Waals surface area contributed by atoms with Gasteiger partial charge in [-0.05, 0) is 53.0 Å². The zero-order chi connectivity index (χ0) is 14.8. The number of carbonyl (C=O) groups is 2. The number of nitrogens with one attached hydrogen (secondary N) is 2. The smallest absolute Gasteiger partial charge is 0.265 e. The molecule has 21 heavy (non-hydrogen) atoms. The zero-order valence-corrected chi connectivity index (χ0v) is 13.5. The summed E-state index contributed by atoms with van der Waals surface area (Å²) in [6.07, 6.45) is 2.06. The Morgan fingerprint density at radius 3 is 2.52 bits per heavy atom. The molecule has 2 N–H and O–H groups in total. The summed E-state index contributed by atoms with van der Waals surface area (Å²) < 4.78 is 0.896. The van der Waals surface area contributed by atoms with Gasteiger partial charge in [-0.2, -0.15) is 0 Å². The first-order valence-corrected chi connectivity index (χ1v) is 8.21. The van der Waals surface area contributed by atoms with E-state index < -0.39 is 0 Å². The summed E-state index contributed by atoms with van der Waals surface area (Å²) in [6, 6.07) is 10.9. The van der Waals surface area contributed by atoms with Gasteiger partial charge >= 0.3 is 0 Å². The van der Waals surface area contributed by atoms with Crippen molar-refractivity contribution in [2.45, 2.75) is 18.9 Å². The van der Waals surface area contributed by atoms with Crippen molar-refractivity contribution in [1.82, 2.24) is 5.32 Å². The van der Waals surface area contributed by atoms with E-state index in [1.165, 1.54) is 11.3 Å². The molecule has 1 heterocycles. The summed E-state index contributed by atoms with van der Waals surface area (Å²) in [5.74, 6) is -0.349. The third kappa shape index (κ3) is 3.51. The molecule has 1 aromatic heterocycles. The highest BCUT2D eigenvalue weighted by Gasteiger charge is 2.25. The highest BCUT2D eigenvalue weighted by atomic mass is 79.9. The van der Waals surface area contributed by atoms with Crippen LogP contribution < -0.4 is 10.6 Å². The van der Waals surface area contributed by atoms with Crippen LogP contribution in [0.5, 0.6) is 0 Å². The summed E-state index contributed by atoms with van der Waals surface area (Å²) in [4.78, 5) is 25.0. The topological polar surface area (TPSA) is 58.2 Å². The molecule has 0 radical (unpaired) electrons. The molecular weight excluding hydrogens is 352 g/mol. The molecule has 0 unspecified atom stereocenters. The lowest BCUT2D eigenvalue weighted by atomic mass is 10.1. The highest BCUT2D eigenvalue weighted by molar-refractivity contribution is 9.11. The fourth-order valence-electron chi connectivity index (χ4n) is 1.90. The quantitative estimate of drug-likeness (QED) is 0.869. The fourth-order valence-corrected chi connectivity index (χ4v) is 3.18. The van der Waals surface area contributed by atoms with E-state index in [1.54, 1.807) is 30.3 Å². The predicted octanol–water partition coefficient (Wildman–Crippen LogP) is 3.66. The molecule has 0 aliphatic heterocycles. The largest absolute Gasteiger partial charge is 0.349 e. The number of anilines is 1. The molecule has 1 saturated carbocycles. The minimum atomic E-state index is -0.211. The van der Waals surface area contributed by atoms with Crippen molar-refractivity contribution in [3.63, 3.8) is 0 Å². The maximum Gasteiger partial charge on any atom is 0.265 e. The summed E-state index contributed by atoms with van der Waals surface area (Å²) >= 11 is 4.69. The third-order valence-corrected chi connectivity index (χ3v) is 4.75. The van der Waals surface area contributed by atoms with E-state index >= 15 is 0 Å². The lowest BCUT2D eigenvalue weighted by Crippen LogP contribution is -2.26. The summed E-state index contributed by atoms with van der Waals surface area (Å²) in [7, 11) is 0. The van der Waals surface area contributed by atoms with Crippen LogP contribution >= 0.6 is 27.3 Å². The minimum absolute atomic E-state index is 0.138. The maximum absolute atomic E-state index is 12.2. The van der Waals surface area contributed by atoms with Crippen molar-refractivity contribution in [3.05, 3.63) is 50.6 Å². The Labute approximate surface area is 134 Å². The Bertz CT molecular complexity index is 694. The SMILES string of the molecule is O=C(Nc1ccccc1C(=O)NC1CC1)c1ccc(Br)s1. The van der Waals surface area contributed by atoms with Gasteiger partial charge in [-0.25, -0.2) is 0 Å². The molecule has 0 saturated heterocycles. The molecule has 1 aliphatic carbocycles. The summed E-state index contributed by atoms with van der Waals surface area (Å²) in [6.45, 7) is 0. The number of para-hydroxylation sites is 1. The van der Waals surface area contributed by atoms with Gasteiger partial charge in [0, 0.05) is 6.04 Å². The Balaban J connectivity index is 1.78. The van der Waals surface area contributed by atoms with Gasteiger partial charge in [-0.1, -0.05) is 12.1 Å². The van der Waals surface area contributed by atoms with Crippen molar-refractivity contribution >= 4 is 44.8 Å². The number of benzene rings is 1. The van der Waals surface area contributed by atoms with Gasteiger partial charge in [0.15, 0.2) is 0 Å². The molecular formula is C15H13BrN2O2S. The molecule has 0 spiro atoms. The van der Waals surface area contributed by atoms with Gasteiger partial charge in [0.1, 0.15) is 0 Å². The normalized spacial score (nSPS) is 13.8. The van der Waals surface area contributed by atoms with Crippen LogP contribution in [0.3, 0.4) is 0 Å². The van der Waals surface area contributed by atoms with E-state index in [9.17, 15) is 9.59 Å². The van der Waals surface area contributed by atoms with Crippen LogP contribution in [0.2, 0.25) is 0 Å². The van der Waals surface area contributed by atoms with Gasteiger partial charge < -0.3 is 10.6 Å². The lowest BCUT2D eigenvalue weighted by molar-refractivity contribution is 0.0952. The van der Waals surface area contributed by atoms with E-state index in [0.717, 1.165) is 16.6 Å². The van der Waals surface area contributed by atoms with Crippen molar-refractivity contribution in [2.75, 3.05) is 5.32 Å². The zero-order valence-electron chi connectivity index (χ0n) is 11.1. The Morgan fingerprint density at radius 2 is 1.86 bits per heavy atom. The molecule has 1 fully saturated rings. The van der Waals surface area contributed by atoms with Crippen LogP contribution in [-0.4, -0.2) is 17.9 Å². The molecule has 3 rings (SSSR count). The molecule has 2 aromatic rings. The molecule has 108 valence electrons. The number of thiophene rings is 1. The summed E-state index contributed by atoms with van der Waals surface area (Å²) in [5, 5.41) is 5.74. The fraction of sp³-hybridized carbons (Fsp3) is 0.200. The second kappa shape index (κ2) is 5.99. The second-order valence-corrected chi connectivity index (χ2v) is 7.31. The van der Waals surface area contributed by atoms with Crippen LogP contribution in [0.15, 0.2) is 40.2 Å². The van der Waals surface area contributed by atoms with E-state index in [1.807, 2.05) is 6.07 Å². The van der Waals surface area contributed by atoms with E-state index in [2.05, 4.69) is 26.6 Å². The minimum Gasteiger partial charge on any atom is -0.349 e. The molecule has 4 nitrogen and oxygen atoms in total. The Hall–Kier alpha value is -1.66. The average molecular weight is 365 g/mol. The Morgan fingerprint density at radius 1 is 1.10 bits per heavy atom. The van der Waals surface area contributed by atoms with Crippen LogP contribution in [0.25, 0.3) is 0 Å². The Kier molecular flexibility index (Phi) is 4.07. The highest BCUT2D eigenvalue weighted by Crippen LogP contribution is 2.25. The molecule has 6 heteroatoms. The van der Waals surface area contributed by atoms with Crippen molar-refractivity contribution in [3.8, 4) is 0 Å². The first kappa shape index (κ1) is 14.3. The number of rotatable bonds is 4. The van der Waals surface area contributed by atoms with Gasteiger partial charge in [0.2, 0.25) is 0 Å². The maximum atomic E-state index is 12.2. The molecule has 1 aliphatic rings. The number of amides is 2. The van der Waals surface area contributed by atoms with Crippen LogP contribution in [-0.2, 0) is 0 Å². The first-order valence-electron chi connectivity index (χ1n) is 6.60. The van der Waals surface area contributed by atoms with Crippen molar-refractivity contribution < 1.29 is 9.59 Å². The molecule has 0 bridgehead atoms. The number of hydrogen-bond donors (Lipinski definition) is 2.